The van der Waals surface area contributed by atoms with E-state index < -0.39 is 0 Å². The first kappa shape index (κ1) is 12.0. The smallest absolute Gasteiger partial charge is 0.325 e. The average molecular weight is 213 g/mol. The average Bonchev–Trinajstić information content (AvgIpc) is 2.65. The van der Waals surface area contributed by atoms with Crippen molar-refractivity contribution in [3.8, 4) is 0 Å². The number of ether oxygens (including phenoxy) is 1. The first-order valence-electron chi connectivity index (χ1n) is 5.32. The lowest BCUT2D eigenvalue weighted by molar-refractivity contribution is -0.149. The van der Waals surface area contributed by atoms with Crippen molar-refractivity contribution in [3.63, 3.8) is 0 Å². The van der Waals surface area contributed by atoms with Crippen molar-refractivity contribution in [2.45, 2.75) is 32.6 Å². The number of carbonyl (C=O) groups excluding carboxylic acids is 2. The minimum atomic E-state index is -0.368. The van der Waals surface area contributed by atoms with E-state index in [2.05, 4.69) is 4.74 Å². The Kier molecular flexibility index (Phi) is 3.72. The molecule has 1 fully saturated rings. The van der Waals surface area contributed by atoms with Crippen LogP contribution in [0.25, 0.3) is 0 Å². The molecule has 0 saturated heterocycles. The van der Waals surface area contributed by atoms with Gasteiger partial charge < -0.3 is 9.64 Å². The van der Waals surface area contributed by atoms with Gasteiger partial charge in [0.25, 0.3) is 0 Å². The summed E-state index contributed by atoms with van der Waals surface area (Å²) in [6.07, 6.45) is 4.07. The first-order valence-corrected chi connectivity index (χ1v) is 5.32. The summed E-state index contributed by atoms with van der Waals surface area (Å²) in [5, 5.41) is 0. The van der Waals surface area contributed by atoms with Crippen LogP contribution in [0.2, 0.25) is 0 Å². The van der Waals surface area contributed by atoms with Crippen molar-refractivity contribution >= 4 is 11.9 Å². The summed E-state index contributed by atoms with van der Waals surface area (Å²) in [5.41, 5.74) is -0.261. The summed E-state index contributed by atoms with van der Waals surface area (Å²) < 4.78 is 4.53. The maximum Gasteiger partial charge on any atom is 0.325 e. The summed E-state index contributed by atoms with van der Waals surface area (Å²) in [4.78, 5) is 24.5. The molecule has 4 heteroatoms. The maximum atomic E-state index is 12.0. The van der Waals surface area contributed by atoms with Gasteiger partial charge in [0.05, 0.1) is 7.11 Å². The molecule has 0 aliphatic heterocycles. The summed E-state index contributed by atoms with van der Waals surface area (Å²) in [5.74, 6) is -0.308. The van der Waals surface area contributed by atoms with Crippen molar-refractivity contribution in [3.05, 3.63) is 0 Å². The van der Waals surface area contributed by atoms with E-state index in [1.54, 1.807) is 7.05 Å². The van der Waals surface area contributed by atoms with Crippen LogP contribution in [-0.4, -0.2) is 37.5 Å². The number of hydrogen-bond acceptors (Lipinski definition) is 3. The van der Waals surface area contributed by atoms with E-state index in [4.69, 9.17) is 0 Å². The molecule has 1 rings (SSSR count). The van der Waals surface area contributed by atoms with Crippen LogP contribution in [0, 0.1) is 5.41 Å². The highest BCUT2D eigenvalue weighted by molar-refractivity contribution is 5.86. The Bertz CT molecular complexity index is 257. The van der Waals surface area contributed by atoms with E-state index in [1.807, 2.05) is 6.92 Å². The normalized spacial score (nSPS) is 18.6. The summed E-state index contributed by atoms with van der Waals surface area (Å²) >= 11 is 0. The molecule has 1 saturated carbocycles. The van der Waals surface area contributed by atoms with Crippen LogP contribution in [-0.2, 0) is 14.3 Å². The lowest BCUT2D eigenvalue weighted by Gasteiger charge is -2.28. The molecule has 0 aromatic heterocycles. The number of carbonyl (C=O) groups is 2. The molecule has 1 aliphatic carbocycles. The van der Waals surface area contributed by atoms with Crippen LogP contribution in [0.1, 0.15) is 32.6 Å². The highest BCUT2D eigenvalue weighted by Crippen LogP contribution is 2.38. The second kappa shape index (κ2) is 4.64. The minimum absolute atomic E-state index is 0.0466. The third kappa shape index (κ3) is 2.70. The van der Waals surface area contributed by atoms with Crippen LogP contribution in [0.15, 0.2) is 0 Å². The molecule has 1 aliphatic rings. The summed E-state index contributed by atoms with van der Waals surface area (Å²) in [6, 6.07) is 0. The molecule has 0 radical (unpaired) electrons. The molecule has 4 nitrogen and oxygen atoms in total. The Morgan fingerprint density at radius 3 is 2.33 bits per heavy atom. The zero-order chi connectivity index (χ0) is 11.5. The second-order valence-electron chi connectivity index (χ2n) is 4.51. The number of likely N-dealkylation sites (N-methyl/N-ethyl adjacent to an activating group) is 1. The van der Waals surface area contributed by atoms with Crippen LogP contribution in [0.4, 0.5) is 0 Å². The highest BCUT2D eigenvalue weighted by atomic mass is 16.5. The van der Waals surface area contributed by atoms with Gasteiger partial charge >= 0.3 is 5.97 Å². The van der Waals surface area contributed by atoms with E-state index in [0.29, 0.717) is 0 Å². The molecule has 0 atom stereocenters. The molecule has 0 aromatic carbocycles. The van der Waals surface area contributed by atoms with Crippen molar-refractivity contribution in [1.29, 1.82) is 0 Å². The number of rotatable bonds is 3. The number of hydrogen-bond donors (Lipinski definition) is 0. The molecule has 15 heavy (non-hydrogen) atoms. The summed E-state index contributed by atoms with van der Waals surface area (Å²) in [6.45, 7) is 2.03. The molecule has 1 amide bonds. The zero-order valence-electron chi connectivity index (χ0n) is 9.71. The van der Waals surface area contributed by atoms with Gasteiger partial charge in [-0.25, -0.2) is 0 Å². The lowest BCUT2D eigenvalue weighted by Crippen LogP contribution is -2.41. The largest absolute Gasteiger partial charge is 0.468 e. The predicted molar refractivity (Wildman–Crippen MR) is 56.2 cm³/mol. The maximum absolute atomic E-state index is 12.0. The number of methoxy groups -OCH3 is 1. The SMILES string of the molecule is COC(=O)CN(C)C(=O)C1(C)CCCC1. The van der Waals surface area contributed by atoms with Crippen LogP contribution < -0.4 is 0 Å². The van der Waals surface area contributed by atoms with Crippen LogP contribution >= 0.6 is 0 Å². The van der Waals surface area contributed by atoms with Gasteiger partial charge in [-0.15, -0.1) is 0 Å². The molecular weight excluding hydrogens is 194 g/mol. The van der Waals surface area contributed by atoms with Gasteiger partial charge in [-0.3, -0.25) is 9.59 Å². The lowest BCUT2D eigenvalue weighted by atomic mass is 9.87. The third-order valence-electron chi connectivity index (χ3n) is 3.16. The molecule has 0 bridgehead atoms. The Morgan fingerprint density at radius 1 is 1.33 bits per heavy atom. The predicted octanol–water partition coefficient (Wildman–Crippen LogP) is 1.20. The number of amides is 1. The Labute approximate surface area is 90.6 Å². The fourth-order valence-electron chi connectivity index (χ4n) is 2.16. The molecule has 0 unspecified atom stereocenters. The second-order valence-corrected chi connectivity index (χ2v) is 4.51. The van der Waals surface area contributed by atoms with Gasteiger partial charge in [-0.1, -0.05) is 19.8 Å². The Hall–Kier alpha value is -1.06. The van der Waals surface area contributed by atoms with Gasteiger partial charge in [0.15, 0.2) is 0 Å². The standard InChI is InChI=1S/C11H19NO3/c1-11(6-4-5-7-11)10(14)12(2)8-9(13)15-3/h4-8H2,1-3H3. The van der Waals surface area contributed by atoms with Gasteiger partial charge in [-0.05, 0) is 12.8 Å². The van der Waals surface area contributed by atoms with Crippen molar-refractivity contribution in [2.24, 2.45) is 5.41 Å². The quantitative estimate of drug-likeness (QED) is 0.662. The van der Waals surface area contributed by atoms with Gasteiger partial charge in [0.1, 0.15) is 6.54 Å². The van der Waals surface area contributed by atoms with Crippen molar-refractivity contribution in [1.82, 2.24) is 4.90 Å². The molecule has 0 N–H and O–H groups in total. The fraction of sp³-hybridized carbons (Fsp3) is 0.818. The van der Waals surface area contributed by atoms with Crippen LogP contribution in [0.3, 0.4) is 0 Å². The molecular formula is C11H19NO3. The molecule has 86 valence electrons. The topological polar surface area (TPSA) is 46.6 Å². The third-order valence-corrected chi connectivity index (χ3v) is 3.16. The number of nitrogens with zero attached hydrogens (tertiary/aromatic N) is 1. The number of esters is 1. The van der Waals surface area contributed by atoms with Gasteiger partial charge in [-0.2, -0.15) is 0 Å². The van der Waals surface area contributed by atoms with E-state index in [-0.39, 0.29) is 23.8 Å². The van der Waals surface area contributed by atoms with Gasteiger partial charge in [0.2, 0.25) is 5.91 Å². The van der Waals surface area contributed by atoms with E-state index in [1.165, 1.54) is 12.0 Å². The van der Waals surface area contributed by atoms with E-state index in [0.717, 1.165) is 25.7 Å². The van der Waals surface area contributed by atoms with Crippen molar-refractivity contribution in [2.75, 3.05) is 20.7 Å². The Balaban J connectivity index is 2.55. The minimum Gasteiger partial charge on any atom is -0.468 e. The summed E-state index contributed by atoms with van der Waals surface area (Å²) in [7, 11) is 2.99. The molecule has 0 aromatic rings. The highest BCUT2D eigenvalue weighted by Gasteiger charge is 2.38. The van der Waals surface area contributed by atoms with Crippen LogP contribution in [0.5, 0.6) is 0 Å². The molecule has 0 heterocycles. The monoisotopic (exact) mass is 213 g/mol. The van der Waals surface area contributed by atoms with E-state index in [9.17, 15) is 9.59 Å². The fourth-order valence-corrected chi connectivity index (χ4v) is 2.16. The van der Waals surface area contributed by atoms with Crippen molar-refractivity contribution < 1.29 is 14.3 Å². The first-order chi connectivity index (χ1) is 6.99. The van der Waals surface area contributed by atoms with Gasteiger partial charge in [0, 0.05) is 12.5 Å². The molecule has 0 spiro atoms. The zero-order valence-corrected chi connectivity index (χ0v) is 9.71. The van der Waals surface area contributed by atoms with E-state index >= 15 is 0 Å². The Morgan fingerprint density at radius 2 is 1.87 bits per heavy atom.